The highest BCUT2D eigenvalue weighted by molar-refractivity contribution is 6.25. The van der Waals surface area contributed by atoms with Crippen LogP contribution in [-0.4, -0.2) is 0 Å². The van der Waals surface area contributed by atoms with Crippen LogP contribution in [0.1, 0.15) is 25.0 Å². The van der Waals surface area contributed by atoms with Gasteiger partial charge in [-0.05, 0) is 118 Å². The summed E-state index contributed by atoms with van der Waals surface area (Å²) in [5.41, 5.74) is 21.4. The van der Waals surface area contributed by atoms with Gasteiger partial charge in [-0.3, -0.25) is 0 Å². The second-order valence-corrected chi connectivity index (χ2v) is 21.2. The highest BCUT2D eigenvalue weighted by Crippen LogP contribution is 2.58. The number of nitrogens with zero attached hydrogens (tertiary/aromatic N) is 3. The maximum Gasteiger partial charge on any atom is 0.0621 e. The number of fused-ring (bicyclic) bond motifs is 5. The Morgan fingerprint density at radius 3 is 1.02 bits per heavy atom. The minimum Gasteiger partial charge on any atom is -0.310 e. The van der Waals surface area contributed by atoms with Gasteiger partial charge in [0.2, 0.25) is 0 Å². The van der Waals surface area contributed by atoms with Crippen molar-refractivity contribution < 1.29 is 0 Å². The van der Waals surface area contributed by atoms with Crippen molar-refractivity contribution in [3.63, 3.8) is 0 Å². The van der Waals surface area contributed by atoms with Gasteiger partial charge in [-0.25, -0.2) is 0 Å². The van der Waals surface area contributed by atoms with E-state index in [4.69, 9.17) is 0 Å². The minimum atomic E-state index is -0.281. The number of rotatable bonds is 12. The van der Waals surface area contributed by atoms with Crippen molar-refractivity contribution in [2.24, 2.45) is 0 Å². The summed E-state index contributed by atoms with van der Waals surface area (Å²) in [5.74, 6) is 0. The third-order valence-electron chi connectivity index (χ3n) is 16.2. The van der Waals surface area contributed by atoms with Crippen LogP contribution in [0.2, 0.25) is 0 Å². The number of anilines is 9. The van der Waals surface area contributed by atoms with Gasteiger partial charge in [0.05, 0.1) is 28.4 Å². The summed E-state index contributed by atoms with van der Waals surface area (Å²) < 4.78 is 0. The van der Waals surface area contributed by atoms with E-state index in [1.807, 2.05) is 0 Å². The van der Waals surface area contributed by atoms with Gasteiger partial charge in [-0.1, -0.05) is 244 Å². The first-order valence-corrected chi connectivity index (χ1v) is 27.7. The number of hydrogen-bond donors (Lipinski definition) is 0. The van der Waals surface area contributed by atoms with Crippen molar-refractivity contribution in [1.29, 1.82) is 0 Å². The van der Waals surface area contributed by atoms with Crippen LogP contribution < -0.4 is 14.7 Å². The van der Waals surface area contributed by atoms with E-state index in [1.165, 1.54) is 22.3 Å². The quantitative estimate of drug-likeness (QED) is 0.0892. The molecule has 0 saturated carbocycles. The number of hydrogen-bond acceptors (Lipinski definition) is 3. The molecular weight excluding hydrogens is 967 g/mol. The Labute approximate surface area is 469 Å². The Morgan fingerprint density at radius 1 is 0.225 bits per heavy atom. The zero-order valence-electron chi connectivity index (χ0n) is 44.8. The van der Waals surface area contributed by atoms with E-state index in [2.05, 4.69) is 338 Å². The maximum atomic E-state index is 2.55. The zero-order valence-corrected chi connectivity index (χ0v) is 44.8. The van der Waals surface area contributed by atoms with Crippen molar-refractivity contribution in [3.8, 4) is 44.5 Å². The van der Waals surface area contributed by atoms with Crippen LogP contribution in [0.5, 0.6) is 0 Å². The summed E-state index contributed by atoms with van der Waals surface area (Å²) in [4.78, 5) is 7.54. The van der Waals surface area contributed by atoms with Gasteiger partial charge >= 0.3 is 0 Å². The van der Waals surface area contributed by atoms with Crippen LogP contribution in [0.15, 0.2) is 309 Å². The molecule has 1 aliphatic carbocycles. The average molecular weight is 1020 g/mol. The molecule has 3 heteroatoms. The first-order chi connectivity index (χ1) is 39.5. The van der Waals surface area contributed by atoms with Gasteiger partial charge in [-0.2, -0.15) is 0 Å². The zero-order chi connectivity index (χ0) is 53.6. The molecule has 0 fully saturated rings. The maximum absolute atomic E-state index is 2.55. The molecule has 0 radical (unpaired) electrons. The van der Waals surface area contributed by atoms with Gasteiger partial charge in [-0.15, -0.1) is 0 Å². The first kappa shape index (κ1) is 48.2. The second kappa shape index (κ2) is 20.3. The van der Waals surface area contributed by atoms with Crippen LogP contribution >= 0.6 is 0 Å². The van der Waals surface area contributed by atoms with E-state index >= 15 is 0 Å². The lowest BCUT2D eigenvalue weighted by Crippen LogP contribution is -2.17. The summed E-state index contributed by atoms with van der Waals surface area (Å²) in [6.45, 7) is 4.80. The number of benzene rings is 13. The van der Waals surface area contributed by atoms with Crippen molar-refractivity contribution in [3.05, 3.63) is 321 Å². The number of para-hydroxylation sites is 6. The standard InChI is InChI=1S/C77H57N3/c1-77(2)70-45-25-21-44-64(70)66-52-68-69(53-71(66)77)75(79(58-37-17-7-18-38-58)73-47-27-23-42-62(73)55-31-11-4-12-32-55)65-50-49-60(78(57-35-15-6-16-36-57)72-46-26-22-41-61(72)54-29-9-3-10-30-54)51-67(65)76(68)80(59-39-19-8-20-40-59)74-48-28-24-43-63(74)56-33-13-5-14-34-56/h3-53H,1-2H3. The Bertz CT molecular complexity index is 4370. The van der Waals surface area contributed by atoms with Gasteiger partial charge in [0, 0.05) is 66.4 Å². The minimum absolute atomic E-state index is 0.281. The Kier molecular flexibility index (Phi) is 12.2. The summed E-state index contributed by atoms with van der Waals surface area (Å²) in [7, 11) is 0. The van der Waals surface area contributed by atoms with E-state index < -0.39 is 0 Å². The molecule has 80 heavy (non-hydrogen) atoms. The topological polar surface area (TPSA) is 9.72 Å². The van der Waals surface area contributed by atoms with Crippen LogP contribution in [0.25, 0.3) is 66.1 Å². The fourth-order valence-electron chi connectivity index (χ4n) is 12.5. The van der Waals surface area contributed by atoms with E-state index in [0.717, 1.165) is 106 Å². The molecule has 0 bridgehead atoms. The third-order valence-corrected chi connectivity index (χ3v) is 16.2. The molecule has 0 saturated heterocycles. The summed E-state index contributed by atoms with van der Waals surface area (Å²) in [6, 6.07) is 113. The van der Waals surface area contributed by atoms with Crippen LogP contribution in [0.4, 0.5) is 51.2 Å². The molecule has 13 aromatic rings. The fourth-order valence-corrected chi connectivity index (χ4v) is 12.5. The lowest BCUT2D eigenvalue weighted by atomic mass is 9.81. The van der Waals surface area contributed by atoms with Crippen molar-refractivity contribution in [2.75, 3.05) is 14.7 Å². The van der Waals surface area contributed by atoms with E-state index in [-0.39, 0.29) is 5.41 Å². The average Bonchev–Trinajstić information content (AvgIpc) is 3.43. The first-order valence-electron chi connectivity index (χ1n) is 27.7. The molecule has 13 aromatic carbocycles. The summed E-state index contributed by atoms with van der Waals surface area (Å²) >= 11 is 0. The van der Waals surface area contributed by atoms with Crippen LogP contribution in [0, 0.1) is 0 Å². The molecule has 1 aliphatic rings. The highest BCUT2D eigenvalue weighted by atomic mass is 15.2. The molecule has 0 amide bonds. The molecular formula is C77H57N3. The van der Waals surface area contributed by atoms with E-state index in [0.29, 0.717) is 0 Å². The van der Waals surface area contributed by atoms with Crippen LogP contribution in [0.3, 0.4) is 0 Å². The molecule has 0 aliphatic heterocycles. The lowest BCUT2D eigenvalue weighted by molar-refractivity contribution is 0.661. The molecule has 0 heterocycles. The molecule has 0 spiro atoms. The third kappa shape index (κ3) is 8.30. The highest BCUT2D eigenvalue weighted by Gasteiger charge is 2.38. The summed E-state index contributed by atoms with van der Waals surface area (Å²) in [5, 5.41) is 4.49. The predicted molar refractivity (Wildman–Crippen MR) is 339 cm³/mol. The van der Waals surface area contributed by atoms with Gasteiger partial charge in [0.25, 0.3) is 0 Å². The summed E-state index contributed by atoms with van der Waals surface area (Å²) in [6.07, 6.45) is 0. The van der Waals surface area contributed by atoms with Gasteiger partial charge in [0.15, 0.2) is 0 Å². The molecule has 0 atom stereocenters. The van der Waals surface area contributed by atoms with Gasteiger partial charge in [0.1, 0.15) is 0 Å². The Hall–Kier alpha value is -10.2. The van der Waals surface area contributed by atoms with E-state index in [1.54, 1.807) is 0 Å². The molecule has 380 valence electrons. The smallest absolute Gasteiger partial charge is 0.0621 e. The molecule has 14 rings (SSSR count). The largest absolute Gasteiger partial charge is 0.310 e. The normalized spacial score (nSPS) is 12.2. The monoisotopic (exact) mass is 1020 g/mol. The lowest BCUT2D eigenvalue weighted by Gasteiger charge is -2.35. The van der Waals surface area contributed by atoms with Crippen molar-refractivity contribution in [1.82, 2.24) is 0 Å². The second-order valence-electron chi connectivity index (χ2n) is 21.2. The fraction of sp³-hybridized carbons (Fsp3) is 0.0390. The van der Waals surface area contributed by atoms with Crippen LogP contribution in [-0.2, 0) is 5.41 Å². The molecule has 0 unspecified atom stereocenters. The SMILES string of the molecule is CC1(C)c2ccccc2-c2cc3c(N(c4ccccc4)c4ccccc4-c4ccccc4)c4cc(N(c5ccccc5)c5ccccc5-c5ccccc5)ccc4c(N(c4ccccc4)c4ccccc4-c4ccccc4)c3cc21. The Morgan fingerprint density at radius 2 is 0.562 bits per heavy atom. The van der Waals surface area contributed by atoms with E-state index in [9.17, 15) is 0 Å². The predicted octanol–water partition coefficient (Wildman–Crippen LogP) is 21.7. The Balaban J connectivity index is 1.19. The van der Waals surface area contributed by atoms with Crippen molar-refractivity contribution >= 4 is 72.7 Å². The van der Waals surface area contributed by atoms with Gasteiger partial charge < -0.3 is 14.7 Å². The molecule has 0 N–H and O–H groups in total. The van der Waals surface area contributed by atoms with Crippen molar-refractivity contribution in [2.45, 2.75) is 19.3 Å². The molecule has 0 aromatic heterocycles. The molecule has 3 nitrogen and oxygen atoms in total.